The predicted octanol–water partition coefficient (Wildman–Crippen LogP) is 6.80. The molecule has 0 saturated carbocycles. The molecule has 9 heteroatoms. The Morgan fingerprint density at radius 1 is 1.12 bits per heavy atom. The number of hydrogen-bond donors (Lipinski definition) is 2. The van der Waals surface area contributed by atoms with Gasteiger partial charge in [0.05, 0.1) is 24.9 Å². The van der Waals surface area contributed by atoms with E-state index < -0.39 is 53.7 Å². The maximum Gasteiger partial charge on any atom is 0.331 e. The fourth-order valence-electron chi connectivity index (χ4n) is 8.58. The molecule has 9 nitrogen and oxygen atoms in total. The van der Waals surface area contributed by atoms with Gasteiger partial charge in [-0.25, -0.2) is 4.79 Å². The number of aliphatic hydroxyl groups is 2. The summed E-state index contributed by atoms with van der Waals surface area (Å²) in [6.07, 6.45) is 12.5. The SMILES string of the molecule is CC[C@H](C)[C@H]1O[C@]2(CC[C@@H]1C)C[C@@H]1C[C@@H](C/C=C(\C)[C@@H](O)[C@@H](C)/C=C/C=C3\CO[C@@H]4[C@H](OC(=O)/C=C/c5ccccc5)C(C)=C[C@@H](C(=O)O1)[C@]34O)O2. The molecule has 282 valence electrons. The van der Waals surface area contributed by atoms with Crippen LogP contribution < -0.4 is 0 Å². The predicted molar refractivity (Wildman–Crippen MR) is 198 cm³/mol. The molecule has 2 bridgehead atoms. The van der Waals surface area contributed by atoms with Crippen LogP contribution in [0.5, 0.6) is 0 Å². The Bertz CT molecular complexity index is 1600. The summed E-state index contributed by atoms with van der Waals surface area (Å²) < 4.78 is 32.2. The van der Waals surface area contributed by atoms with Gasteiger partial charge in [0.15, 0.2) is 11.9 Å². The Morgan fingerprint density at radius 2 is 1.88 bits per heavy atom. The number of esters is 2. The maximum atomic E-state index is 14.4. The summed E-state index contributed by atoms with van der Waals surface area (Å²) in [6.45, 7) is 12.2. The number of rotatable bonds is 5. The molecule has 52 heavy (non-hydrogen) atoms. The van der Waals surface area contributed by atoms with Gasteiger partial charge >= 0.3 is 11.9 Å². The normalized spacial score (nSPS) is 41.5. The molecule has 1 aliphatic carbocycles. The lowest BCUT2D eigenvalue weighted by atomic mass is 9.70. The lowest BCUT2D eigenvalue weighted by Gasteiger charge is -2.51. The minimum atomic E-state index is -1.86. The number of hydrogen-bond acceptors (Lipinski definition) is 9. The molecule has 4 aliphatic heterocycles. The first-order valence-electron chi connectivity index (χ1n) is 19.1. The molecule has 2 N–H and O–H groups in total. The van der Waals surface area contributed by atoms with Gasteiger partial charge in [0.2, 0.25) is 0 Å². The van der Waals surface area contributed by atoms with Crippen LogP contribution in [0.25, 0.3) is 6.08 Å². The van der Waals surface area contributed by atoms with Crippen LogP contribution in [-0.2, 0) is 33.3 Å². The molecule has 0 aromatic heterocycles. The van der Waals surface area contributed by atoms with Crippen molar-refractivity contribution < 1.29 is 43.5 Å². The number of allylic oxidation sites excluding steroid dienone is 2. The van der Waals surface area contributed by atoms with Crippen molar-refractivity contribution in [3.05, 3.63) is 89.1 Å². The number of ether oxygens (including phenoxy) is 5. The van der Waals surface area contributed by atoms with Gasteiger partial charge in [0.1, 0.15) is 23.7 Å². The lowest BCUT2D eigenvalue weighted by Crippen LogP contribution is -2.59. The molecule has 1 aromatic rings. The zero-order valence-electron chi connectivity index (χ0n) is 31.4. The Morgan fingerprint density at radius 3 is 2.63 bits per heavy atom. The van der Waals surface area contributed by atoms with Crippen LogP contribution in [0.3, 0.4) is 0 Å². The number of carbonyl (C=O) groups excluding carboxylic acids is 2. The van der Waals surface area contributed by atoms with Crippen LogP contribution >= 0.6 is 0 Å². The zero-order chi connectivity index (χ0) is 37.2. The number of benzene rings is 1. The van der Waals surface area contributed by atoms with Gasteiger partial charge in [-0.15, -0.1) is 0 Å². The highest BCUT2D eigenvalue weighted by molar-refractivity contribution is 5.87. The summed E-state index contributed by atoms with van der Waals surface area (Å²) in [7, 11) is 0. The zero-order valence-corrected chi connectivity index (χ0v) is 31.4. The smallest absolute Gasteiger partial charge is 0.331 e. The average molecular weight is 717 g/mol. The lowest BCUT2D eigenvalue weighted by molar-refractivity contribution is -0.340. The Labute approximate surface area is 308 Å². The molecule has 4 heterocycles. The van der Waals surface area contributed by atoms with Crippen molar-refractivity contribution in [2.45, 2.75) is 128 Å². The standard InChI is InChI=1S/C43H56O9/c1-7-26(2)38-29(5)20-21-42(52-38)24-34-23-33(51-42)18-16-28(4)37(45)27(3)12-11-15-32-25-48-40-39(30(6)22-35(41(46)49-34)43(32,40)47)50-36(44)19-17-31-13-9-8-10-14-31/h8-17,19,22,26-27,29,33-35,37-40,45,47H,7,18,20-21,23-25H2,1-6H3/b12-11+,19-17+,28-16+,32-15+/t26-,27-,29-,33+,34-,35-,37-,38+,39+,40+,42+,43+/m0/s1. The summed E-state index contributed by atoms with van der Waals surface area (Å²) in [6, 6.07) is 9.41. The molecule has 12 atom stereocenters. The topological polar surface area (TPSA) is 121 Å². The first-order chi connectivity index (χ1) is 24.8. The molecule has 0 unspecified atom stereocenters. The molecule has 3 fully saturated rings. The maximum absolute atomic E-state index is 14.4. The number of aliphatic hydroxyl groups excluding tert-OH is 1. The van der Waals surface area contributed by atoms with Crippen molar-refractivity contribution in [2.24, 2.45) is 23.7 Å². The van der Waals surface area contributed by atoms with Gasteiger partial charge in [-0.1, -0.05) is 94.8 Å². The third-order valence-corrected chi connectivity index (χ3v) is 11.9. The van der Waals surface area contributed by atoms with E-state index in [1.165, 1.54) is 6.08 Å². The van der Waals surface area contributed by atoms with E-state index in [0.29, 0.717) is 48.7 Å². The van der Waals surface area contributed by atoms with Gasteiger partial charge in [-0.2, -0.15) is 0 Å². The molecule has 0 radical (unpaired) electrons. The van der Waals surface area contributed by atoms with Crippen LogP contribution in [-0.4, -0.2) is 76.8 Å². The van der Waals surface area contributed by atoms with Gasteiger partial charge in [-0.3, -0.25) is 4.79 Å². The first-order valence-corrected chi connectivity index (χ1v) is 19.1. The summed E-state index contributed by atoms with van der Waals surface area (Å²) in [5.41, 5.74) is 0.859. The van der Waals surface area contributed by atoms with Crippen LogP contribution in [0.1, 0.15) is 85.6 Å². The number of fused-ring (bicyclic) bond motifs is 2. The molecule has 6 rings (SSSR count). The molecule has 5 aliphatic rings. The minimum absolute atomic E-state index is 0.00867. The van der Waals surface area contributed by atoms with E-state index >= 15 is 0 Å². The average Bonchev–Trinajstić information content (AvgIpc) is 3.47. The van der Waals surface area contributed by atoms with Crippen molar-refractivity contribution in [1.82, 2.24) is 0 Å². The Hall–Kier alpha value is -3.34. The van der Waals surface area contributed by atoms with Gasteiger partial charge in [0.25, 0.3) is 0 Å². The van der Waals surface area contributed by atoms with Gasteiger partial charge in [0, 0.05) is 31.3 Å². The summed E-state index contributed by atoms with van der Waals surface area (Å²) in [5.74, 6) is -2.74. The van der Waals surface area contributed by atoms with E-state index in [1.807, 2.05) is 56.3 Å². The quantitative estimate of drug-likeness (QED) is 0.193. The molecular weight excluding hydrogens is 660 g/mol. The van der Waals surface area contributed by atoms with E-state index in [-0.39, 0.29) is 24.7 Å². The second-order valence-electron chi connectivity index (χ2n) is 15.7. The second kappa shape index (κ2) is 15.9. The van der Waals surface area contributed by atoms with Crippen LogP contribution in [0.15, 0.2) is 83.5 Å². The highest BCUT2D eigenvalue weighted by Gasteiger charge is 2.61. The van der Waals surface area contributed by atoms with Crippen LogP contribution in [0.2, 0.25) is 0 Å². The molecular formula is C43H56O9. The van der Waals surface area contributed by atoms with E-state index in [2.05, 4.69) is 20.8 Å². The largest absolute Gasteiger partial charge is 0.462 e. The summed E-state index contributed by atoms with van der Waals surface area (Å²) in [5, 5.41) is 23.9. The molecule has 0 amide bonds. The molecule has 3 saturated heterocycles. The van der Waals surface area contributed by atoms with E-state index in [1.54, 1.807) is 31.2 Å². The Balaban J connectivity index is 1.34. The van der Waals surface area contributed by atoms with Crippen LogP contribution in [0, 0.1) is 23.7 Å². The van der Waals surface area contributed by atoms with Gasteiger partial charge in [-0.05, 0) is 66.9 Å². The summed E-state index contributed by atoms with van der Waals surface area (Å²) in [4.78, 5) is 27.5. The van der Waals surface area contributed by atoms with E-state index in [4.69, 9.17) is 23.7 Å². The van der Waals surface area contributed by atoms with Crippen molar-refractivity contribution in [1.29, 1.82) is 0 Å². The third kappa shape index (κ3) is 7.94. The second-order valence-corrected chi connectivity index (χ2v) is 15.7. The number of carbonyl (C=O) groups is 2. The van der Waals surface area contributed by atoms with E-state index in [0.717, 1.165) is 24.0 Å². The fourth-order valence-corrected chi connectivity index (χ4v) is 8.58. The van der Waals surface area contributed by atoms with Crippen molar-refractivity contribution in [3.8, 4) is 0 Å². The van der Waals surface area contributed by atoms with Crippen molar-refractivity contribution in [3.63, 3.8) is 0 Å². The first kappa shape index (κ1) is 38.4. The molecule has 1 spiro atoms. The minimum Gasteiger partial charge on any atom is -0.462 e. The Kier molecular flexibility index (Phi) is 11.8. The van der Waals surface area contributed by atoms with Crippen molar-refractivity contribution in [2.75, 3.05) is 6.61 Å². The fraction of sp³-hybridized carbons (Fsp3) is 0.581. The van der Waals surface area contributed by atoms with Crippen LogP contribution in [0.4, 0.5) is 0 Å². The highest BCUT2D eigenvalue weighted by atomic mass is 16.7. The monoisotopic (exact) mass is 716 g/mol. The summed E-state index contributed by atoms with van der Waals surface area (Å²) >= 11 is 0. The third-order valence-electron chi connectivity index (χ3n) is 11.9. The molecule has 1 aromatic carbocycles. The van der Waals surface area contributed by atoms with Gasteiger partial charge < -0.3 is 33.9 Å². The van der Waals surface area contributed by atoms with E-state index in [9.17, 15) is 19.8 Å². The van der Waals surface area contributed by atoms with Crippen molar-refractivity contribution >= 4 is 18.0 Å². The highest BCUT2D eigenvalue weighted by Crippen LogP contribution is 2.48.